The summed E-state index contributed by atoms with van der Waals surface area (Å²) in [5, 5.41) is 12.9. The van der Waals surface area contributed by atoms with E-state index >= 15 is 0 Å². The van der Waals surface area contributed by atoms with Crippen LogP contribution in [0.2, 0.25) is 0 Å². The maximum Gasteiger partial charge on any atom is 0.244 e. The molecular formula is C17H16FNO5S2. The number of aliphatic hydroxyl groups is 1. The van der Waals surface area contributed by atoms with Crippen LogP contribution in [0.5, 0.6) is 5.75 Å². The zero-order valence-corrected chi connectivity index (χ0v) is 15.3. The Balaban J connectivity index is 1.94. The number of thiophene rings is 1. The van der Waals surface area contributed by atoms with Crippen molar-refractivity contribution in [3.8, 4) is 5.75 Å². The lowest BCUT2D eigenvalue weighted by Crippen LogP contribution is -2.41. The van der Waals surface area contributed by atoms with Gasteiger partial charge < -0.3 is 14.3 Å². The first-order valence-corrected chi connectivity index (χ1v) is 9.86. The number of benzene rings is 1. The van der Waals surface area contributed by atoms with Crippen LogP contribution >= 0.6 is 11.3 Å². The number of hydrogen-bond donors (Lipinski definition) is 2. The molecule has 6 nitrogen and oxygen atoms in total. The molecule has 9 heteroatoms. The topological polar surface area (TPSA) is 88.8 Å². The van der Waals surface area contributed by atoms with E-state index in [0.29, 0.717) is 4.88 Å². The molecule has 26 heavy (non-hydrogen) atoms. The quantitative estimate of drug-likeness (QED) is 0.640. The number of halogens is 1. The van der Waals surface area contributed by atoms with E-state index < -0.39 is 28.0 Å². The van der Waals surface area contributed by atoms with Crippen LogP contribution in [0.15, 0.2) is 63.4 Å². The van der Waals surface area contributed by atoms with E-state index in [9.17, 15) is 17.9 Å². The van der Waals surface area contributed by atoms with Crippen molar-refractivity contribution >= 4 is 21.4 Å². The van der Waals surface area contributed by atoms with Crippen LogP contribution in [0.3, 0.4) is 0 Å². The van der Waals surface area contributed by atoms with Crippen molar-refractivity contribution < 1.29 is 27.1 Å². The number of methoxy groups -OCH3 is 1. The van der Waals surface area contributed by atoms with Crippen molar-refractivity contribution in [1.29, 1.82) is 0 Å². The minimum absolute atomic E-state index is 0.00318. The summed E-state index contributed by atoms with van der Waals surface area (Å²) in [6, 6.07) is 9.74. The molecule has 0 saturated carbocycles. The van der Waals surface area contributed by atoms with Crippen LogP contribution in [0.25, 0.3) is 0 Å². The van der Waals surface area contributed by atoms with Crippen molar-refractivity contribution in [2.75, 3.05) is 13.7 Å². The van der Waals surface area contributed by atoms with Crippen LogP contribution in [0, 0.1) is 5.82 Å². The van der Waals surface area contributed by atoms with Gasteiger partial charge >= 0.3 is 0 Å². The van der Waals surface area contributed by atoms with Gasteiger partial charge in [0.1, 0.15) is 22.2 Å². The fourth-order valence-corrected chi connectivity index (χ4v) is 4.53. The molecule has 0 aliphatic heterocycles. The Kier molecular flexibility index (Phi) is 5.15. The number of sulfonamides is 1. The molecule has 0 aliphatic rings. The fraction of sp³-hybridized carbons (Fsp3) is 0.176. The maximum atomic E-state index is 13.5. The Morgan fingerprint density at radius 3 is 2.73 bits per heavy atom. The van der Waals surface area contributed by atoms with Crippen LogP contribution in [-0.4, -0.2) is 27.2 Å². The Labute approximate surface area is 153 Å². The molecule has 3 rings (SSSR count). The molecule has 0 unspecified atom stereocenters. The predicted molar refractivity (Wildman–Crippen MR) is 94.2 cm³/mol. The second-order valence-electron chi connectivity index (χ2n) is 5.43. The highest BCUT2D eigenvalue weighted by Gasteiger charge is 2.37. The van der Waals surface area contributed by atoms with Crippen molar-refractivity contribution in [3.05, 3.63) is 70.6 Å². The van der Waals surface area contributed by atoms with Crippen LogP contribution < -0.4 is 9.46 Å². The highest BCUT2D eigenvalue weighted by Crippen LogP contribution is 2.33. The molecule has 0 radical (unpaired) electrons. The first kappa shape index (κ1) is 18.6. The van der Waals surface area contributed by atoms with Gasteiger partial charge in [0, 0.05) is 4.88 Å². The molecule has 2 aromatic heterocycles. The molecule has 0 spiro atoms. The lowest BCUT2D eigenvalue weighted by Gasteiger charge is -2.25. The normalized spacial score (nSPS) is 14.1. The van der Waals surface area contributed by atoms with E-state index in [1.807, 2.05) is 0 Å². The summed E-state index contributed by atoms with van der Waals surface area (Å²) < 4.78 is 51.4. The lowest BCUT2D eigenvalue weighted by molar-refractivity contribution is 0.0655. The summed E-state index contributed by atoms with van der Waals surface area (Å²) in [7, 11) is -2.86. The average molecular weight is 397 g/mol. The molecule has 2 heterocycles. The summed E-state index contributed by atoms with van der Waals surface area (Å²) in [6.07, 6.45) is 1.39. The van der Waals surface area contributed by atoms with Gasteiger partial charge in [-0.05, 0) is 41.8 Å². The summed E-state index contributed by atoms with van der Waals surface area (Å²) in [5.74, 6) is -0.531. The monoisotopic (exact) mass is 397 g/mol. The second-order valence-corrected chi connectivity index (χ2v) is 8.12. The summed E-state index contributed by atoms with van der Waals surface area (Å²) >= 11 is 1.26. The van der Waals surface area contributed by atoms with E-state index in [1.54, 1.807) is 29.6 Å². The second kappa shape index (κ2) is 7.20. The van der Waals surface area contributed by atoms with Gasteiger partial charge in [0.05, 0.1) is 19.9 Å². The Morgan fingerprint density at radius 2 is 2.12 bits per heavy atom. The van der Waals surface area contributed by atoms with E-state index in [2.05, 4.69) is 4.72 Å². The highest BCUT2D eigenvalue weighted by molar-refractivity contribution is 7.89. The number of ether oxygens (including phenoxy) is 1. The van der Waals surface area contributed by atoms with E-state index in [0.717, 1.165) is 12.1 Å². The summed E-state index contributed by atoms with van der Waals surface area (Å²) in [5.41, 5.74) is -1.70. The summed E-state index contributed by atoms with van der Waals surface area (Å²) in [6.45, 7) is -0.400. The van der Waals surface area contributed by atoms with Gasteiger partial charge in [-0.2, -0.15) is 0 Å². The smallest absolute Gasteiger partial charge is 0.244 e. The van der Waals surface area contributed by atoms with E-state index in [-0.39, 0.29) is 16.4 Å². The Morgan fingerprint density at radius 1 is 1.31 bits per heavy atom. The summed E-state index contributed by atoms with van der Waals surface area (Å²) in [4.78, 5) is 0.148. The minimum Gasteiger partial charge on any atom is -0.495 e. The van der Waals surface area contributed by atoms with Gasteiger partial charge in [-0.25, -0.2) is 17.5 Å². The number of nitrogens with one attached hydrogen (secondary N) is 1. The molecule has 1 aromatic carbocycles. The SMILES string of the molecule is COc1ccc(F)cc1S(=O)(=O)NC[C@](O)(c1ccco1)c1cccs1. The Bertz CT molecular complexity index is 935. The molecule has 3 aromatic rings. The number of hydrogen-bond acceptors (Lipinski definition) is 6. The van der Waals surface area contributed by atoms with Gasteiger partial charge in [0.25, 0.3) is 0 Å². The third kappa shape index (κ3) is 3.51. The first-order chi connectivity index (χ1) is 12.4. The zero-order valence-electron chi connectivity index (χ0n) is 13.7. The maximum absolute atomic E-state index is 13.5. The molecule has 2 N–H and O–H groups in total. The molecule has 0 amide bonds. The molecule has 0 aliphatic carbocycles. The van der Waals surface area contributed by atoms with Gasteiger partial charge in [-0.1, -0.05) is 6.07 Å². The number of rotatable bonds is 7. The Hall–Kier alpha value is -2.20. The van der Waals surface area contributed by atoms with Gasteiger partial charge in [-0.3, -0.25) is 0 Å². The number of furan rings is 1. The van der Waals surface area contributed by atoms with Crippen LogP contribution in [0.1, 0.15) is 10.6 Å². The fourth-order valence-electron chi connectivity index (χ4n) is 2.46. The van der Waals surface area contributed by atoms with Crippen molar-refractivity contribution in [3.63, 3.8) is 0 Å². The molecule has 1 atom stereocenters. The van der Waals surface area contributed by atoms with Gasteiger partial charge in [0.15, 0.2) is 5.60 Å². The molecule has 0 bridgehead atoms. The van der Waals surface area contributed by atoms with Gasteiger partial charge in [0.2, 0.25) is 10.0 Å². The average Bonchev–Trinajstić information content (AvgIpc) is 3.33. The lowest BCUT2D eigenvalue weighted by atomic mass is 9.99. The molecular weight excluding hydrogens is 381 g/mol. The van der Waals surface area contributed by atoms with Crippen molar-refractivity contribution in [2.45, 2.75) is 10.5 Å². The highest BCUT2D eigenvalue weighted by atomic mass is 32.2. The van der Waals surface area contributed by atoms with Gasteiger partial charge in [-0.15, -0.1) is 11.3 Å². The van der Waals surface area contributed by atoms with Crippen molar-refractivity contribution in [2.24, 2.45) is 0 Å². The zero-order chi connectivity index (χ0) is 18.8. The van der Waals surface area contributed by atoms with E-state index in [1.165, 1.54) is 30.8 Å². The molecule has 0 fully saturated rings. The third-order valence-electron chi connectivity index (χ3n) is 3.79. The molecule has 0 saturated heterocycles. The minimum atomic E-state index is -4.15. The third-order valence-corrected chi connectivity index (χ3v) is 6.23. The van der Waals surface area contributed by atoms with E-state index in [4.69, 9.17) is 9.15 Å². The largest absolute Gasteiger partial charge is 0.495 e. The first-order valence-electron chi connectivity index (χ1n) is 7.50. The standard InChI is InChI=1S/C17H16FNO5S2/c1-23-13-7-6-12(18)10-14(13)26(21,22)19-11-17(20,15-4-2-8-24-15)16-5-3-9-25-16/h2-10,19-20H,11H2,1H3/t17-/m0/s1. The van der Waals surface area contributed by atoms with Crippen LogP contribution in [-0.2, 0) is 15.6 Å². The van der Waals surface area contributed by atoms with Crippen molar-refractivity contribution in [1.82, 2.24) is 4.72 Å². The molecule has 138 valence electrons. The predicted octanol–water partition coefficient (Wildman–Crippen LogP) is 2.70. The van der Waals surface area contributed by atoms with Crippen LogP contribution in [0.4, 0.5) is 4.39 Å².